The number of carbonyl (C=O) groups excluding carboxylic acids is 1. The molecule has 0 bridgehead atoms. The Kier molecular flexibility index (Phi) is 4.23. The van der Waals surface area contributed by atoms with E-state index in [4.69, 9.17) is 0 Å². The zero-order chi connectivity index (χ0) is 14.7. The first-order valence-electron chi connectivity index (χ1n) is 6.89. The van der Waals surface area contributed by atoms with Gasteiger partial charge < -0.3 is 5.32 Å². The molecule has 0 spiro atoms. The van der Waals surface area contributed by atoms with Crippen LogP contribution in [0.5, 0.6) is 0 Å². The number of carbonyl (C=O) groups is 1. The van der Waals surface area contributed by atoms with Crippen LogP contribution < -0.4 is 5.32 Å². The van der Waals surface area contributed by atoms with E-state index in [1.165, 1.54) is 16.7 Å². The fourth-order valence-corrected chi connectivity index (χ4v) is 2.56. The number of hydrogen-bond donors (Lipinski definition) is 1. The molecule has 0 heterocycles. The smallest absolute Gasteiger partial charge is 0.228 e. The molecule has 0 aliphatic carbocycles. The first kappa shape index (κ1) is 14.3. The Morgan fingerprint density at radius 3 is 2.15 bits per heavy atom. The molecule has 1 amide bonds. The molecule has 0 fully saturated rings. The average Bonchev–Trinajstić information content (AvgIpc) is 2.36. The van der Waals surface area contributed by atoms with Crippen molar-refractivity contribution in [2.75, 3.05) is 5.32 Å². The molecular formula is C18H21NO. The minimum absolute atomic E-state index is 0.0364. The molecule has 0 unspecified atom stereocenters. The lowest BCUT2D eigenvalue weighted by atomic mass is 9.97. The molecule has 20 heavy (non-hydrogen) atoms. The Morgan fingerprint density at radius 1 is 0.950 bits per heavy atom. The Labute approximate surface area is 120 Å². The lowest BCUT2D eigenvalue weighted by molar-refractivity contribution is -0.115. The predicted octanol–water partition coefficient (Wildman–Crippen LogP) is 4.10. The molecule has 0 aliphatic rings. The molecule has 2 nitrogen and oxygen atoms in total. The van der Waals surface area contributed by atoms with E-state index in [2.05, 4.69) is 38.2 Å². The van der Waals surface area contributed by atoms with Gasteiger partial charge in [0.2, 0.25) is 5.91 Å². The second-order valence-corrected chi connectivity index (χ2v) is 5.42. The van der Waals surface area contributed by atoms with Gasteiger partial charge in [-0.1, -0.05) is 35.9 Å². The zero-order valence-electron chi connectivity index (χ0n) is 12.6. The molecule has 0 radical (unpaired) electrons. The Bertz CT molecular complexity index is 621. The van der Waals surface area contributed by atoms with Crippen LogP contribution in [0.3, 0.4) is 0 Å². The fourth-order valence-electron chi connectivity index (χ4n) is 2.56. The molecule has 0 atom stereocenters. The van der Waals surface area contributed by atoms with Crippen molar-refractivity contribution in [2.24, 2.45) is 0 Å². The lowest BCUT2D eigenvalue weighted by Crippen LogP contribution is -2.16. The van der Waals surface area contributed by atoms with Crippen molar-refractivity contribution in [3.05, 3.63) is 64.2 Å². The van der Waals surface area contributed by atoms with Crippen LogP contribution in [-0.4, -0.2) is 5.91 Å². The first-order chi connectivity index (χ1) is 9.47. The molecule has 0 aromatic heterocycles. The van der Waals surface area contributed by atoms with Crippen LogP contribution in [0.1, 0.15) is 27.8 Å². The van der Waals surface area contributed by atoms with E-state index in [1.807, 2.05) is 31.2 Å². The van der Waals surface area contributed by atoms with E-state index in [-0.39, 0.29) is 5.91 Å². The Hall–Kier alpha value is -2.09. The van der Waals surface area contributed by atoms with Gasteiger partial charge in [0, 0.05) is 5.69 Å². The van der Waals surface area contributed by atoms with Crippen molar-refractivity contribution >= 4 is 11.6 Å². The summed E-state index contributed by atoms with van der Waals surface area (Å²) in [5.41, 5.74) is 6.70. The summed E-state index contributed by atoms with van der Waals surface area (Å²) >= 11 is 0. The quantitative estimate of drug-likeness (QED) is 0.891. The topological polar surface area (TPSA) is 29.1 Å². The van der Waals surface area contributed by atoms with Crippen molar-refractivity contribution in [1.29, 1.82) is 0 Å². The summed E-state index contributed by atoms with van der Waals surface area (Å²) in [6.07, 6.45) is 0.423. The van der Waals surface area contributed by atoms with Crippen LogP contribution in [0.25, 0.3) is 0 Å². The lowest BCUT2D eigenvalue weighted by Gasteiger charge is -2.12. The number of benzene rings is 2. The number of nitrogens with one attached hydrogen (secondary N) is 1. The van der Waals surface area contributed by atoms with E-state index in [9.17, 15) is 4.79 Å². The summed E-state index contributed by atoms with van der Waals surface area (Å²) in [6, 6.07) is 12.1. The number of para-hydroxylation sites is 1. The van der Waals surface area contributed by atoms with Crippen molar-refractivity contribution in [2.45, 2.75) is 34.1 Å². The van der Waals surface area contributed by atoms with Crippen LogP contribution in [0.2, 0.25) is 0 Å². The Balaban J connectivity index is 2.15. The van der Waals surface area contributed by atoms with Crippen molar-refractivity contribution in [3.8, 4) is 0 Å². The van der Waals surface area contributed by atoms with E-state index < -0.39 is 0 Å². The molecule has 2 aromatic carbocycles. The summed E-state index contributed by atoms with van der Waals surface area (Å²) in [6.45, 7) is 8.21. The summed E-state index contributed by atoms with van der Waals surface area (Å²) in [5.74, 6) is 0.0364. The van der Waals surface area contributed by atoms with Crippen molar-refractivity contribution in [3.63, 3.8) is 0 Å². The molecule has 2 rings (SSSR count). The third-order valence-corrected chi connectivity index (χ3v) is 3.60. The van der Waals surface area contributed by atoms with E-state index >= 15 is 0 Å². The van der Waals surface area contributed by atoms with Crippen LogP contribution in [0.15, 0.2) is 36.4 Å². The highest BCUT2D eigenvalue weighted by Crippen LogP contribution is 2.18. The molecular weight excluding hydrogens is 246 g/mol. The zero-order valence-corrected chi connectivity index (χ0v) is 12.6. The van der Waals surface area contributed by atoms with Crippen molar-refractivity contribution in [1.82, 2.24) is 0 Å². The first-order valence-corrected chi connectivity index (χ1v) is 6.89. The molecule has 0 saturated heterocycles. The standard InChI is InChI=1S/C18H21NO/c1-12-9-14(3)16(15(4)10-12)11-18(20)19-17-8-6-5-7-13(17)2/h5-10H,11H2,1-4H3,(H,19,20). The fraction of sp³-hybridized carbons (Fsp3) is 0.278. The highest BCUT2D eigenvalue weighted by atomic mass is 16.1. The monoisotopic (exact) mass is 267 g/mol. The summed E-state index contributed by atoms with van der Waals surface area (Å²) in [7, 11) is 0. The van der Waals surface area contributed by atoms with Crippen LogP contribution in [0, 0.1) is 27.7 Å². The third-order valence-electron chi connectivity index (χ3n) is 3.60. The predicted molar refractivity (Wildman–Crippen MR) is 84.2 cm³/mol. The average molecular weight is 267 g/mol. The van der Waals surface area contributed by atoms with Crippen molar-refractivity contribution < 1.29 is 4.79 Å². The van der Waals surface area contributed by atoms with Gasteiger partial charge in [-0.25, -0.2) is 0 Å². The largest absolute Gasteiger partial charge is 0.326 e. The molecule has 0 aliphatic heterocycles. The Morgan fingerprint density at radius 2 is 1.55 bits per heavy atom. The van der Waals surface area contributed by atoms with Gasteiger partial charge in [-0.2, -0.15) is 0 Å². The van der Waals surface area contributed by atoms with Crippen LogP contribution in [-0.2, 0) is 11.2 Å². The maximum Gasteiger partial charge on any atom is 0.228 e. The summed E-state index contributed by atoms with van der Waals surface area (Å²) in [4.78, 5) is 12.2. The molecule has 0 saturated carbocycles. The minimum Gasteiger partial charge on any atom is -0.326 e. The molecule has 2 aromatic rings. The van der Waals surface area contributed by atoms with Crippen LogP contribution >= 0.6 is 0 Å². The van der Waals surface area contributed by atoms with Gasteiger partial charge in [-0.3, -0.25) is 4.79 Å². The number of hydrogen-bond acceptors (Lipinski definition) is 1. The summed E-state index contributed by atoms with van der Waals surface area (Å²) in [5, 5.41) is 2.99. The van der Waals surface area contributed by atoms with Gasteiger partial charge in [0.15, 0.2) is 0 Å². The minimum atomic E-state index is 0.0364. The highest BCUT2D eigenvalue weighted by Gasteiger charge is 2.10. The molecule has 2 heteroatoms. The number of rotatable bonds is 3. The third kappa shape index (κ3) is 3.27. The normalized spacial score (nSPS) is 10.4. The SMILES string of the molecule is Cc1cc(C)c(CC(=O)Nc2ccccc2C)c(C)c1. The van der Waals surface area contributed by atoms with Gasteiger partial charge >= 0.3 is 0 Å². The van der Waals surface area contributed by atoms with Gasteiger partial charge in [0.05, 0.1) is 6.42 Å². The van der Waals surface area contributed by atoms with E-state index in [0.29, 0.717) is 6.42 Å². The van der Waals surface area contributed by atoms with Gasteiger partial charge in [-0.05, 0) is 56.0 Å². The van der Waals surface area contributed by atoms with Gasteiger partial charge in [0.1, 0.15) is 0 Å². The van der Waals surface area contributed by atoms with E-state index in [0.717, 1.165) is 16.8 Å². The highest BCUT2D eigenvalue weighted by molar-refractivity contribution is 5.93. The second kappa shape index (κ2) is 5.91. The van der Waals surface area contributed by atoms with Gasteiger partial charge in [-0.15, -0.1) is 0 Å². The van der Waals surface area contributed by atoms with Crippen LogP contribution in [0.4, 0.5) is 5.69 Å². The number of anilines is 1. The number of amides is 1. The molecule has 1 N–H and O–H groups in total. The van der Waals surface area contributed by atoms with Gasteiger partial charge in [0.25, 0.3) is 0 Å². The summed E-state index contributed by atoms with van der Waals surface area (Å²) < 4.78 is 0. The second-order valence-electron chi connectivity index (χ2n) is 5.42. The molecule has 104 valence electrons. The maximum absolute atomic E-state index is 12.2. The number of aryl methyl sites for hydroxylation is 4. The van der Waals surface area contributed by atoms with E-state index in [1.54, 1.807) is 0 Å². The maximum atomic E-state index is 12.2.